The lowest BCUT2D eigenvalue weighted by atomic mass is 9.89. The second kappa shape index (κ2) is 6.20. The van der Waals surface area contributed by atoms with Gasteiger partial charge >= 0.3 is 5.97 Å². The van der Waals surface area contributed by atoms with Crippen molar-refractivity contribution in [1.82, 2.24) is 9.88 Å². The average Bonchev–Trinajstić information content (AvgIpc) is 3.00. The van der Waals surface area contributed by atoms with Crippen LogP contribution >= 0.6 is 0 Å². The summed E-state index contributed by atoms with van der Waals surface area (Å²) in [6, 6.07) is 14.8. The van der Waals surface area contributed by atoms with Gasteiger partial charge in [0.05, 0.1) is 5.92 Å². The van der Waals surface area contributed by atoms with E-state index < -0.39 is 11.9 Å². The van der Waals surface area contributed by atoms with E-state index in [9.17, 15) is 14.7 Å². The van der Waals surface area contributed by atoms with Crippen molar-refractivity contribution in [3.05, 3.63) is 65.5 Å². The minimum absolute atomic E-state index is 0.192. The number of hydrogen-bond donors (Lipinski definition) is 1. The first kappa shape index (κ1) is 15.2. The molecule has 1 aliphatic heterocycles. The molecule has 2 unspecified atom stereocenters. The van der Waals surface area contributed by atoms with E-state index >= 15 is 0 Å². The Morgan fingerprint density at radius 2 is 1.83 bits per heavy atom. The minimum Gasteiger partial charge on any atom is -0.481 e. The summed E-state index contributed by atoms with van der Waals surface area (Å²) in [6.45, 7) is 2.44. The largest absolute Gasteiger partial charge is 0.481 e. The highest BCUT2D eigenvalue weighted by atomic mass is 16.4. The van der Waals surface area contributed by atoms with Gasteiger partial charge in [0.15, 0.2) is 0 Å². The fraction of sp³-hybridized carbons (Fsp3) is 0.278. The Hall–Kier alpha value is -2.69. The first-order chi connectivity index (χ1) is 11.1. The molecule has 5 nitrogen and oxygen atoms in total. The van der Waals surface area contributed by atoms with E-state index in [2.05, 4.69) is 4.98 Å². The maximum absolute atomic E-state index is 12.6. The van der Waals surface area contributed by atoms with Crippen LogP contribution in [0.2, 0.25) is 0 Å². The van der Waals surface area contributed by atoms with E-state index in [1.165, 1.54) is 0 Å². The van der Waals surface area contributed by atoms with E-state index in [-0.39, 0.29) is 18.4 Å². The molecule has 1 aromatic carbocycles. The summed E-state index contributed by atoms with van der Waals surface area (Å²) in [5.74, 6) is -1.86. The summed E-state index contributed by atoms with van der Waals surface area (Å²) in [7, 11) is 0. The fourth-order valence-electron chi connectivity index (χ4n) is 3.08. The Morgan fingerprint density at radius 3 is 2.48 bits per heavy atom. The molecular formula is C18H18N2O3. The van der Waals surface area contributed by atoms with Crippen molar-refractivity contribution in [2.24, 2.45) is 5.92 Å². The zero-order chi connectivity index (χ0) is 16.4. The molecule has 23 heavy (non-hydrogen) atoms. The highest BCUT2D eigenvalue weighted by molar-refractivity contribution is 5.93. The van der Waals surface area contributed by atoms with Gasteiger partial charge in [-0.05, 0) is 24.6 Å². The van der Waals surface area contributed by atoms with Crippen LogP contribution in [0.15, 0.2) is 48.5 Å². The molecule has 0 aliphatic carbocycles. The van der Waals surface area contributed by atoms with Crippen LogP contribution in [-0.4, -0.2) is 40.0 Å². The SMILES string of the molecule is Cc1cccc(C(=O)N2CC(C(=O)O)C(c3ccccc3)C2)n1. The Bertz CT molecular complexity index is 730. The number of aliphatic carboxylic acids is 1. The first-order valence-electron chi connectivity index (χ1n) is 7.57. The molecular weight excluding hydrogens is 292 g/mol. The van der Waals surface area contributed by atoms with Gasteiger partial charge in [-0.2, -0.15) is 0 Å². The second-order valence-electron chi connectivity index (χ2n) is 5.84. The van der Waals surface area contributed by atoms with Crippen molar-refractivity contribution in [3.8, 4) is 0 Å². The smallest absolute Gasteiger partial charge is 0.308 e. The van der Waals surface area contributed by atoms with Gasteiger partial charge in [0, 0.05) is 24.7 Å². The lowest BCUT2D eigenvalue weighted by molar-refractivity contribution is -0.141. The zero-order valence-electron chi connectivity index (χ0n) is 12.8. The average molecular weight is 310 g/mol. The molecule has 2 aromatic rings. The molecule has 0 radical (unpaired) electrons. The third kappa shape index (κ3) is 3.08. The van der Waals surface area contributed by atoms with Gasteiger partial charge < -0.3 is 10.0 Å². The van der Waals surface area contributed by atoms with Crippen molar-refractivity contribution in [2.45, 2.75) is 12.8 Å². The fourth-order valence-corrected chi connectivity index (χ4v) is 3.08. The molecule has 0 saturated carbocycles. The molecule has 2 atom stereocenters. The number of carbonyl (C=O) groups is 2. The number of hydrogen-bond acceptors (Lipinski definition) is 3. The Labute approximate surface area is 134 Å². The van der Waals surface area contributed by atoms with Gasteiger partial charge in [-0.3, -0.25) is 9.59 Å². The van der Waals surface area contributed by atoms with Crippen LogP contribution in [0.4, 0.5) is 0 Å². The summed E-state index contributed by atoms with van der Waals surface area (Å²) >= 11 is 0. The normalized spacial score (nSPS) is 20.5. The molecule has 1 saturated heterocycles. The molecule has 5 heteroatoms. The van der Waals surface area contributed by atoms with E-state index in [0.29, 0.717) is 12.2 Å². The van der Waals surface area contributed by atoms with Gasteiger partial charge in [-0.25, -0.2) is 4.98 Å². The van der Waals surface area contributed by atoms with Gasteiger partial charge in [-0.15, -0.1) is 0 Å². The molecule has 0 bridgehead atoms. The van der Waals surface area contributed by atoms with Gasteiger partial charge in [-0.1, -0.05) is 36.4 Å². The number of pyridine rings is 1. The lowest BCUT2D eigenvalue weighted by Gasteiger charge is -2.16. The van der Waals surface area contributed by atoms with Crippen LogP contribution in [0.25, 0.3) is 0 Å². The third-order valence-corrected chi connectivity index (χ3v) is 4.26. The third-order valence-electron chi connectivity index (χ3n) is 4.26. The predicted molar refractivity (Wildman–Crippen MR) is 85.2 cm³/mol. The maximum Gasteiger partial charge on any atom is 0.308 e. The van der Waals surface area contributed by atoms with Crippen molar-refractivity contribution in [3.63, 3.8) is 0 Å². The molecule has 1 aromatic heterocycles. The van der Waals surface area contributed by atoms with Gasteiger partial charge in [0.25, 0.3) is 5.91 Å². The van der Waals surface area contributed by atoms with Crippen molar-refractivity contribution in [1.29, 1.82) is 0 Å². The van der Waals surface area contributed by atoms with Crippen molar-refractivity contribution >= 4 is 11.9 Å². The van der Waals surface area contributed by atoms with Crippen molar-refractivity contribution < 1.29 is 14.7 Å². The predicted octanol–water partition coefficient (Wildman–Crippen LogP) is 2.33. The van der Waals surface area contributed by atoms with E-state index in [4.69, 9.17) is 0 Å². The van der Waals surface area contributed by atoms with Crippen LogP contribution in [-0.2, 0) is 4.79 Å². The van der Waals surface area contributed by atoms with Crippen LogP contribution in [0.3, 0.4) is 0 Å². The molecule has 1 fully saturated rings. The number of carboxylic acid groups (broad SMARTS) is 1. The lowest BCUT2D eigenvalue weighted by Crippen LogP contribution is -2.30. The Morgan fingerprint density at radius 1 is 1.09 bits per heavy atom. The quantitative estimate of drug-likeness (QED) is 0.944. The highest BCUT2D eigenvalue weighted by Gasteiger charge is 2.40. The number of nitrogens with zero attached hydrogens (tertiary/aromatic N) is 2. The summed E-state index contributed by atoms with van der Waals surface area (Å²) in [5.41, 5.74) is 2.08. The molecule has 3 rings (SSSR count). The summed E-state index contributed by atoms with van der Waals surface area (Å²) in [5, 5.41) is 9.51. The highest BCUT2D eigenvalue weighted by Crippen LogP contribution is 2.33. The number of aryl methyl sites for hydroxylation is 1. The number of amides is 1. The summed E-state index contributed by atoms with van der Waals surface area (Å²) in [4.78, 5) is 30.0. The molecule has 0 spiro atoms. The monoisotopic (exact) mass is 310 g/mol. The Balaban J connectivity index is 1.86. The molecule has 2 heterocycles. The van der Waals surface area contributed by atoms with E-state index in [1.807, 2.05) is 43.3 Å². The first-order valence-corrected chi connectivity index (χ1v) is 7.57. The standard InChI is InChI=1S/C18H18N2O3/c1-12-6-5-9-16(19-12)17(21)20-10-14(15(11-20)18(22)23)13-7-3-2-4-8-13/h2-9,14-15H,10-11H2,1H3,(H,22,23). The van der Waals surface area contributed by atoms with Crippen LogP contribution in [0.1, 0.15) is 27.7 Å². The molecule has 1 amide bonds. The molecule has 118 valence electrons. The maximum atomic E-state index is 12.6. The summed E-state index contributed by atoms with van der Waals surface area (Å²) < 4.78 is 0. The minimum atomic E-state index is -0.869. The number of aromatic nitrogens is 1. The van der Waals surface area contributed by atoms with E-state index in [1.54, 1.807) is 17.0 Å². The molecule has 1 N–H and O–H groups in total. The second-order valence-corrected chi connectivity index (χ2v) is 5.84. The van der Waals surface area contributed by atoms with Crippen molar-refractivity contribution in [2.75, 3.05) is 13.1 Å². The molecule has 1 aliphatic rings. The number of carboxylic acids is 1. The zero-order valence-corrected chi connectivity index (χ0v) is 12.8. The van der Waals surface area contributed by atoms with Crippen LogP contribution in [0.5, 0.6) is 0 Å². The summed E-state index contributed by atoms with van der Waals surface area (Å²) in [6.07, 6.45) is 0. The number of benzene rings is 1. The topological polar surface area (TPSA) is 70.5 Å². The van der Waals surface area contributed by atoms with Gasteiger partial charge in [0.1, 0.15) is 5.69 Å². The van der Waals surface area contributed by atoms with Gasteiger partial charge in [0.2, 0.25) is 0 Å². The number of likely N-dealkylation sites (tertiary alicyclic amines) is 1. The van der Waals surface area contributed by atoms with Crippen LogP contribution in [0, 0.1) is 12.8 Å². The Kier molecular flexibility index (Phi) is 4.10. The van der Waals surface area contributed by atoms with Crippen LogP contribution < -0.4 is 0 Å². The van der Waals surface area contributed by atoms with E-state index in [0.717, 1.165) is 11.3 Å². The number of rotatable bonds is 3. The number of carbonyl (C=O) groups excluding carboxylic acids is 1.